The number of alkyl halides is 1. The third-order valence-corrected chi connectivity index (χ3v) is 6.01. The fraction of sp³-hybridized carbons (Fsp3) is 0.684. The summed E-state index contributed by atoms with van der Waals surface area (Å²) in [6.45, 7) is 8.67. The SMILES string of the molecule is Cc1c(N2C[C@H](F)[C@@H](C(C)(C)N)C2)ccc2c1N(C1CC1)CN(N)C2. The third-order valence-electron chi connectivity index (χ3n) is 6.01. The Hall–Kier alpha value is -1.37. The molecule has 1 saturated heterocycles. The molecule has 1 saturated carbocycles. The van der Waals surface area contributed by atoms with Gasteiger partial charge in [0.1, 0.15) is 6.17 Å². The second kappa shape index (κ2) is 5.83. The summed E-state index contributed by atoms with van der Waals surface area (Å²) in [4.78, 5) is 4.62. The Bertz CT molecular complexity index is 667. The minimum atomic E-state index is -0.880. The average Bonchev–Trinajstić information content (AvgIpc) is 3.28. The van der Waals surface area contributed by atoms with E-state index in [1.807, 2.05) is 18.9 Å². The van der Waals surface area contributed by atoms with Crippen molar-refractivity contribution >= 4 is 11.4 Å². The Morgan fingerprint density at radius 3 is 2.52 bits per heavy atom. The summed E-state index contributed by atoms with van der Waals surface area (Å²) in [5.41, 5.74) is 10.7. The van der Waals surface area contributed by atoms with Crippen molar-refractivity contribution in [3.63, 3.8) is 0 Å². The molecule has 0 unspecified atom stereocenters. The number of benzene rings is 1. The van der Waals surface area contributed by atoms with Crippen LogP contribution in [0.15, 0.2) is 12.1 Å². The summed E-state index contributed by atoms with van der Waals surface area (Å²) < 4.78 is 14.6. The molecule has 2 atom stereocenters. The number of nitrogens with two attached hydrogens (primary N) is 2. The van der Waals surface area contributed by atoms with Crippen molar-refractivity contribution in [2.75, 3.05) is 29.6 Å². The monoisotopic (exact) mass is 347 g/mol. The molecular weight excluding hydrogens is 317 g/mol. The van der Waals surface area contributed by atoms with Crippen LogP contribution in [0.4, 0.5) is 15.8 Å². The smallest absolute Gasteiger partial charge is 0.124 e. The number of nitrogens with zero attached hydrogens (tertiary/aromatic N) is 3. The van der Waals surface area contributed by atoms with Gasteiger partial charge in [0, 0.05) is 48.5 Å². The molecule has 138 valence electrons. The van der Waals surface area contributed by atoms with Crippen molar-refractivity contribution in [2.45, 2.75) is 57.9 Å². The van der Waals surface area contributed by atoms with Gasteiger partial charge < -0.3 is 15.5 Å². The van der Waals surface area contributed by atoms with Gasteiger partial charge in [0.05, 0.1) is 6.67 Å². The molecule has 1 aromatic carbocycles. The number of hydrogen-bond acceptors (Lipinski definition) is 5. The maximum Gasteiger partial charge on any atom is 0.124 e. The fourth-order valence-electron chi connectivity index (χ4n) is 4.50. The van der Waals surface area contributed by atoms with Crippen LogP contribution in [0.25, 0.3) is 0 Å². The van der Waals surface area contributed by atoms with Crippen molar-refractivity contribution in [3.8, 4) is 0 Å². The molecule has 5 nitrogen and oxygen atoms in total. The largest absolute Gasteiger partial charge is 0.368 e. The van der Waals surface area contributed by atoms with Crippen molar-refractivity contribution in [3.05, 3.63) is 23.3 Å². The Morgan fingerprint density at radius 2 is 1.92 bits per heavy atom. The zero-order valence-electron chi connectivity index (χ0n) is 15.5. The van der Waals surface area contributed by atoms with Crippen LogP contribution in [0.1, 0.15) is 37.8 Å². The van der Waals surface area contributed by atoms with Gasteiger partial charge >= 0.3 is 0 Å². The molecule has 0 aromatic heterocycles. The summed E-state index contributed by atoms with van der Waals surface area (Å²) >= 11 is 0. The summed E-state index contributed by atoms with van der Waals surface area (Å²) in [7, 11) is 0. The van der Waals surface area contributed by atoms with Crippen LogP contribution in [-0.4, -0.2) is 42.5 Å². The molecule has 0 bridgehead atoms. The summed E-state index contributed by atoms with van der Waals surface area (Å²) in [5.74, 6) is 5.98. The molecule has 0 radical (unpaired) electrons. The van der Waals surface area contributed by atoms with E-state index in [4.69, 9.17) is 11.6 Å². The van der Waals surface area contributed by atoms with E-state index in [1.165, 1.54) is 29.7 Å². The number of rotatable bonds is 3. The second-order valence-electron chi connectivity index (χ2n) is 8.66. The van der Waals surface area contributed by atoms with E-state index in [2.05, 4.69) is 28.9 Å². The van der Waals surface area contributed by atoms with Crippen molar-refractivity contribution in [1.82, 2.24) is 5.01 Å². The highest BCUT2D eigenvalue weighted by Crippen LogP contribution is 2.43. The van der Waals surface area contributed by atoms with Gasteiger partial charge in [0.2, 0.25) is 0 Å². The predicted molar refractivity (Wildman–Crippen MR) is 100 cm³/mol. The summed E-state index contributed by atoms with van der Waals surface area (Å²) in [6.07, 6.45) is 1.59. The number of fused-ring (bicyclic) bond motifs is 1. The van der Waals surface area contributed by atoms with Gasteiger partial charge in [0.15, 0.2) is 0 Å². The normalized spacial score (nSPS) is 27.8. The van der Waals surface area contributed by atoms with E-state index in [-0.39, 0.29) is 5.92 Å². The number of hydrogen-bond donors (Lipinski definition) is 2. The van der Waals surface area contributed by atoms with Crippen LogP contribution in [0.5, 0.6) is 0 Å². The molecule has 0 amide bonds. The fourth-order valence-corrected chi connectivity index (χ4v) is 4.50. The van der Waals surface area contributed by atoms with Gasteiger partial charge in [-0.2, -0.15) is 0 Å². The van der Waals surface area contributed by atoms with Crippen LogP contribution >= 0.6 is 0 Å². The van der Waals surface area contributed by atoms with E-state index in [9.17, 15) is 4.39 Å². The van der Waals surface area contributed by atoms with E-state index in [0.29, 0.717) is 19.1 Å². The molecule has 2 heterocycles. The van der Waals surface area contributed by atoms with Gasteiger partial charge in [-0.15, -0.1) is 0 Å². The first-order valence-corrected chi connectivity index (χ1v) is 9.32. The van der Waals surface area contributed by atoms with Crippen LogP contribution in [0.2, 0.25) is 0 Å². The molecule has 2 fully saturated rings. The number of anilines is 2. The Balaban J connectivity index is 1.67. The minimum Gasteiger partial charge on any atom is -0.368 e. The molecule has 1 aliphatic carbocycles. The predicted octanol–water partition coefficient (Wildman–Crippen LogP) is 2.12. The van der Waals surface area contributed by atoms with Crippen LogP contribution in [0, 0.1) is 12.8 Å². The van der Waals surface area contributed by atoms with Crippen LogP contribution in [-0.2, 0) is 6.54 Å². The Labute approximate surface area is 149 Å². The van der Waals surface area contributed by atoms with Gasteiger partial charge in [-0.25, -0.2) is 9.40 Å². The molecule has 25 heavy (non-hydrogen) atoms. The highest BCUT2D eigenvalue weighted by Gasteiger charge is 2.42. The summed E-state index contributed by atoms with van der Waals surface area (Å²) in [5, 5.41) is 1.88. The quantitative estimate of drug-likeness (QED) is 0.820. The van der Waals surface area contributed by atoms with Gasteiger partial charge in [-0.3, -0.25) is 5.84 Å². The summed E-state index contributed by atoms with van der Waals surface area (Å²) in [6, 6.07) is 4.90. The van der Waals surface area contributed by atoms with Gasteiger partial charge in [-0.1, -0.05) is 6.07 Å². The average molecular weight is 347 g/mol. The van der Waals surface area contributed by atoms with Gasteiger partial charge in [-0.05, 0) is 50.8 Å². The van der Waals surface area contributed by atoms with Crippen LogP contribution in [0.3, 0.4) is 0 Å². The van der Waals surface area contributed by atoms with Crippen molar-refractivity contribution < 1.29 is 4.39 Å². The first-order chi connectivity index (χ1) is 11.8. The molecule has 4 N–H and O–H groups in total. The first kappa shape index (κ1) is 17.1. The minimum absolute atomic E-state index is 0.137. The maximum absolute atomic E-state index is 14.6. The number of hydrazine groups is 1. The molecule has 3 aliphatic rings. The van der Waals surface area contributed by atoms with E-state index in [0.717, 1.165) is 18.9 Å². The Kier molecular flexibility index (Phi) is 3.98. The van der Waals surface area contributed by atoms with E-state index < -0.39 is 11.7 Å². The Morgan fingerprint density at radius 1 is 1.20 bits per heavy atom. The molecule has 0 spiro atoms. The topological polar surface area (TPSA) is 61.8 Å². The van der Waals surface area contributed by atoms with Crippen LogP contribution < -0.4 is 21.4 Å². The highest BCUT2D eigenvalue weighted by molar-refractivity contribution is 5.72. The second-order valence-corrected chi connectivity index (χ2v) is 8.66. The van der Waals surface area contributed by atoms with E-state index >= 15 is 0 Å². The lowest BCUT2D eigenvalue weighted by atomic mass is 9.87. The first-order valence-electron chi connectivity index (χ1n) is 9.32. The number of halogens is 1. The molecule has 6 heteroatoms. The van der Waals surface area contributed by atoms with Crippen molar-refractivity contribution in [2.24, 2.45) is 17.5 Å². The molecule has 1 aromatic rings. The molecule has 2 aliphatic heterocycles. The van der Waals surface area contributed by atoms with E-state index in [1.54, 1.807) is 0 Å². The zero-order chi connectivity index (χ0) is 17.9. The zero-order valence-corrected chi connectivity index (χ0v) is 15.5. The van der Waals surface area contributed by atoms with Crippen molar-refractivity contribution in [1.29, 1.82) is 0 Å². The third kappa shape index (κ3) is 3.00. The maximum atomic E-state index is 14.6. The lowest BCUT2D eigenvalue weighted by Gasteiger charge is -2.39. The lowest BCUT2D eigenvalue weighted by molar-refractivity contribution is 0.208. The lowest BCUT2D eigenvalue weighted by Crippen LogP contribution is -2.47. The molecular formula is C19H30FN5. The standard InChI is InChI=1S/C19H30FN5/c1-12-17(23-9-15(16(20)10-23)19(2,3)21)7-4-13-8-24(22)11-25(18(12)13)14-5-6-14/h4,7,14-16H,5-6,8-11,21-22H2,1-3H3/t15-,16-/m0/s1. The molecule has 4 rings (SSSR count). The highest BCUT2D eigenvalue weighted by atomic mass is 19.1. The van der Waals surface area contributed by atoms with Gasteiger partial charge in [0.25, 0.3) is 0 Å².